The van der Waals surface area contributed by atoms with E-state index >= 15 is 0 Å². The number of H-pyrrole nitrogens is 1. The normalized spacial score (nSPS) is 23.0. The molecule has 182 valence electrons. The van der Waals surface area contributed by atoms with Crippen molar-refractivity contribution in [1.29, 1.82) is 0 Å². The Bertz CT molecular complexity index is 1180. The monoisotopic (exact) mass is 465 g/mol. The summed E-state index contributed by atoms with van der Waals surface area (Å²) in [7, 11) is 0. The van der Waals surface area contributed by atoms with Crippen molar-refractivity contribution in [3.63, 3.8) is 0 Å². The summed E-state index contributed by atoms with van der Waals surface area (Å²) in [5.41, 5.74) is 2.44. The molecule has 1 saturated heterocycles. The van der Waals surface area contributed by atoms with Gasteiger partial charge in [0.25, 0.3) is 5.91 Å². The SMILES string of the molecule is CC(C)(C)OC(=O)N1CCC(NC(=O)c2ccc3[nH]c4c(c3c2)C2(CCC2)CC(C)(C)C4=O)C1. The van der Waals surface area contributed by atoms with Crippen LogP contribution in [0.25, 0.3) is 10.9 Å². The molecule has 0 radical (unpaired) electrons. The maximum absolute atomic E-state index is 13.2. The first-order chi connectivity index (χ1) is 15.9. The molecule has 1 aromatic heterocycles. The Morgan fingerprint density at radius 3 is 2.59 bits per heavy atom. The zero-order chi connectivity index (χ0) is 24.5. The van der Waals surface area contributed by atoms with E-state index in [0.29, 0.717) is 25.1 Å². The van der Waals surface area contributed by atoms with Crippen molar-refractivity contribution in [1.82, 2.24) is 15.2 Å². The zero-order valence-corrected chi connectivity index (χ0v) is 20.8. The van der Waals surface area contributed by atoms with Crippen LogP contribution < -0.4 is 5.32 Å². The van der Waals surface area contributed by atoms with Crippen LogP contribution in [0, 0.1) is 5.41 Å². The summed E-state index contributed by atoms with van der Waals surface area (Å²) in [4.78, 5) is 43.7. The molecular weight excluding hydrogens is 430 g/mol. The number of carbonyl (C=O) groups excluding carboxylic acids is 3. The molecule has 0 bridgehead atoms. The molecule has 2 aliphatic carbocycles. The van der Waals surface area contributed by atoms with E-state index in [9.17, 15) is 14.4 Å². The molecule has 2 N–H and O–H groups in total. The predicted octanol–water partition coefficient (Wildman–Crippen LogP) is 4.94. The topological polar surface area (TPSA) is 91.5 Å². The number of hydrogen-bond donors (Lipinski definition) is 2. The summed E-state index contributed by atoms with van der Waals surface area (Å²) in [5.74, 6) is 0.00781. The van der Waals surface area contributed by atoms with E-state index in [1.54, 1.807) is 4.90 Å². The maximum atomic E-state index is 13.2. The molecule has 7 heteroatoms. The fourth-order valence-corrected chi connectivity index (χ4v) is 6.08. The lowest BCUT2D eigenvalue weighted by Crippen LogP contribution is -2.46. The van der Waals surface area contributed by atoms with Crippen LogP contribution in [0.3, 0.4) is 0 Å². The summed E-state index contributed by atoms with van der Waals surface area (Å²) in [6.07, 6.45) is 4.55. The van der Waals surface area contributed by atoms with E-state index < -0.39 is 5.60 Å². The second-order valence-corrected chi connectivity index (χ2v) is 12.0. The van der Waals surface area contributed by atoms with Crippen molar-refractivity contribution in [2.75, 3.05) is 13.1 Å². The average Bonchev–Trinajstić information content (AvgIpc) is 3.33. The van der Waals surface area contributed by atoms with Crippen LogP contribution in [0.1, 0.15) is 93.1 Å². The first-order valence-electron chi connectivity index (χ1n) is 12.4. The molecule has 1 unspecified atom stereocenters. The molecule has 7 nitrogen and oxygen atoms in total. The lowest BCUT2D eigenvalue weighted by molar-refractivity contribution is 0.0290. The van der Waals surface area contributed by atoms with Gasteiger partial charge in [-0.3, -0.25) is 9.59 Å². The van der Waals surface area contributed by atoms with E-state index in [0.717, 1.165) is 41.4 Å². The van der Waals surface area contributed by atoms with E-state index in [1.165, 1.54) is 6.42 Å². The minimum absolute atomic E-state index is 0.0272. The van der Waals surface area contributed by atoms with Crippen molar-refractivity contribution in [3.05, 3.63) is 35.0 Å². The van der Waals surface area contributed by atoms with Gasteiger partial charge in [-0.05, 0) is 75.6 Å². The number of carbonyl (C=O) groups is 3. The van der Waals surface area contributed by atoms with Crippen LogP contribution in [-0.4, -0.2) is 52.4 Å². The first kappa shape index (κ1) is 22.9. The molecule has 5 rings (SSSR count). The average molecular weight is 466 g/mol. The van der Waals surface area contributed by atoms with Crippen LogP contribution >= 0.6 is 0 Å². The van der Waals surface area contributed by atoms with E-state index in [4.69, 9.17) is 4.74 Å². The Morgan fingerprint density at radius 1 is 1.21 bits per heavy atom. The Labute approximate surface area is 200 Å². The zero-order valence-electron chi connectivity index (χ0n) is 20.8. The number of likely N-dealkylation sites (tertiary alicyclic amines) is 1. The number of hydrogen-bond acceptors (Lipinski definition) is 4. The smallest absolute Gasteiger partial charge is 0.410 e. The highest BCUT2D eigenvalue weighted by Crippen LogP contribution is 2.57. The largest absolute Gasteiger partial charge is 0.444 e. The number of ether oxygens (including phenoxy) is 1. The summed E-state index contributed by atoms with van der Waals surface area (Å²) in [5, 5.41) is 4.08. The van der Waals surface area contributed by atoms with Gasteiger partial charge in [-0.25, -0.2) is 4.79 Å². The molecular formula is C27H35N3O4. The number of benzene rings is 1. The number of aromatic amines is 1. The Balaban J connectivity index is 1.37. The molecule has 2 aromatic rings. The number of nitrogens with zero attached hydrogens (tertiary/aromatic N) is 1. The van der Waals surface area contributed by atoms with Gasteiger partial charge < -0.3 is 19.9 Å². The fraction of sp³-hybridized carbons (Fsp3) is 0.593. The molecule has 1 aromatic carbocycles. The third kappa shape index (κ3) is 3.79. The second-order valence-electron chi connectivity index (χ2n) is 12.0. The maximum Gasteiger partial charge on any atom is 0.410 e. The van der Waals surface area contributed by atoms with Crippen molar-refractivity contribution in [2.24, 2.45) is 5.41 Å². The van der Waals surface area contributed by atoms with Crippen LogP contribution in [0.5, 0.6) is 0 Å². The van der Waals surface area contributed by atoms with E-state index in [2.05, 4.69) is 10.3 Å². The quantitative estimate of drug-likeness (QED) is 0.657. The van der Waals surface area contributed by atoms with Crippen LogP contribution in [0.2, 0.25) is 0 Å². The van der Waals surface area contributed by atoms with Gasteiger partial charge in [0.15, 0.2) is 5.78 Å². The van der Waals surface area contributed by atoms with Crippen molar-refractivity contribution < 1.29 is 19.1 Å². The number of Topliss-reactive ketones (excluding diaryl/α,β-unsaturated/α-hetero) is 1. The number of ketones is 1. The van der Waals surface area contributed by atoms with Crippen LogP contribution in [0.15, 0.2) is 18.2 Å². The highest BCUT2D eigenvalue weighted by Gasteiger charge is 2.52. The van der Waals surface area contributed by atoms with E-state index in [-0.39, 0.29) is 34.7 Å². The van der Waals surface area contributed by atoms with Crippen LogP contribution in [0.4, 0.5) is 4.79 Å². The number of aromatic nitrogens is 1. The fourth-order valence-electron chi connectivity index (χ4n) is 6.08. The van der Waals surface area contributed by atoms with Gasteiger partial charge >= 0.3 is 6.09 Å². The van der Waals surface area contributed by atoms with Crippen molar-refractivity contribution >= 4 is 28.7 Å². The van der Waals surface area contributed by atoms with Crippen molar-refractivity contribution in [2.45, 2.75) is 83.8 Å². The predicted molar refractivity (Wildman–Crippen MR) is 130 cm³/mol. The number of fused-ring (bicyclic) bond motifs is 4. The van der Waals surface area contributed by atoms with Crippen LogP contribution in [-0.2, 0) is 10.2 Å². The van der Waals surface area contributed by atoms with Gasteiger partial charge in [-0.2, -0.15) is 0 Å². The number of rotatable bonds is 2. The Morgan fingerprint density at radius 2 is 1.94 bits per heavy atom. The summed E-state index contributed by atoms with van der Waals surface area (Å²) >= 11 is 0. The Hall–Kier alpha value is -2.83. The molecule has 1 spiro atoms. The molecule has 1 saturated carbocycles. The minimum Gasteiger partial charge on any atom is -0.444 e. The molecule has 2 fully saturated rings. The second kappa shape index (κ2) is 7.59. The highest BCUT2D eigenvalue weighted by atomic mass is 16.6. The third-order valence-corrected chi connectivity index (χ3v) is 7.70. The molecule has 1 atom stereocenters. The van der Waals surface area contributed by atoms with Gasteiger partial charge in [-0.15, -0.1) is 0 Å². The highest BCUT2D eigenvalue weighted by molar-refractivity contribution is 6.08. The molecule has 1 aliphatic heterocycles. The van der Waals surface area contributed by atoms with Crippen molar-refractivity contribution in [3.8, 4) is 0 Å². The number of nitrogens with one attached hydrogen (secondary N) is 2. The molecule has 34 heavy (non-hydrogen) atoms. The summed E-state index contributed by atoms with van der Waals surface area (Å²) < 4.78 is 5.45. The van der Waals surface area contributed by atoms with E-state index in [1.807, 2.05) is 52.8 Å². The standard InChI is InChI=1S/C27H35N3O4/c1-25(2,3)34-24(33)30-12-9-17(14-30)28-23(32)16-7-8-19-18(13-16)20-21(29-19)22(31)26(4,5)15-27(20)10-6-11-27/h7-8,13,17,29H,6,9-12,14-15H2,1-5H3,(H,28,32). The van der Waals surface area contributed by atoms with Gasteiger partial charge in [0.1, 0.15) is 5.60 Å². The van der Waals surface area contributed by atoms with Gasteiger partial charge in [0.2, 0.25) is 0 Å². The molecule has 2 heterocycles. The lowest BCUT2D eigenvalue weighted by atomic mass is 9.53. The van der Waals surface area contributed by atoms with Gasteiger partial charge in [0, 0.05) is 41.0 Å². The van der Waals surface area contributed by atoms with Gasteiger partial charge in [-0.1, -0.05) is 20.3 Å². The minimum atomic E-state index is -0.544. The first-order valence-corrected chi connectivity index (χ1v) is 12.4. The molecule has 3 aliphatic rings. The summed E-state index contributed by atoms with van der Waals surface area (Å²) in [6.45, 7) is 10.6. The van der Waals surface area contributed by atoms with Gasteiger partial charge in [0.05, 0.1) is 5.69 Å². The number of amides is 2. The Kier molecular flexibility index (Phi) is 5.12. The molecule has 2 amide bonds. The third-order valence-electron chi connectivity index (χ3n) is 7.70. The lowest BCUT2D eigenvalue weighted by Gasteiger charge is -2.50. The summed E-state index contributed by atoms with van der Waals surface area (Å²) in [6, 6.07) is 5.54.